The van der Waals surface area contributed by atoms with Crippen LogP contribution in [0.2, 0.25) is 0 Å². The van der Waals surface area contributed by atoms with E-state index < -0.39 is 5.82 Å². The van der Waals surface area contributed by atoms with Crippen LogP contribution in [0.4, 0.5) is 4.39 Å². The van der Waals surface area contributed by atoms with Crippen LogP contribution in [0.15, 0.2) is 48.2 Å². The van der Waals surface area contributed by atoms with Crippen molar-refractivity contribution in [2.45, 2.75) is 38.5 Å². The lowest BCUT2D eigenvalue weighted by Gasteiger charge is -2.09. The van der Waals surface area contributed by atoms with Crippen molar-refractivity contribution in [3.63, 3.8) is 0 Å². The summed E-state index contributed by atoms with van der Waals surface area (Å²) in [7, 11) is 0. The first-order valence-corrected chi connectivity index (χ1v) is 9.63. The van der Waals surface area contributed by atoms with Gasteiger partial charge in [0.25, 0.3) is 0 Å². The number of ketones is 1. The molecule has 0 amide bonds. The van der Waals surface area contributed by atoms with Gasteiger partial charge in [-0.15, -0.1) is 0 Å². The zero-order chi connectivity index (χ0) is 19.5. The minimum atomic E-state index is -0.431. The molecule has 1 fully saturated rings. The Hall–Kier alpha value is -2.95. The van der Waals surface area contributed by atoms with Gasteiger partial charge in [-0.3, -0.25) is 9.59 Å². The average Bonchev–Trinajstić information content (AvgIpc) is 3.30. The van der Waals surface area contributed by atoms with Crippen LogP contribution >= 0.6 is 0 Å². The van der Waals surface area contributed by atoms with Crippen LogP contribution in [0.25, 0.3) is 6.08 Å². The van der Waals surface area contributed by atoms with E-state index in [1.807, 2.05) is 0 Å². The number of carbonyl (C=O) groups is 2. The van der Waals surface area contributed by atoms with Crippen molar-refractivity contribution in [1.29, 1.82) is 0 Å². The smallest absolute Gasteiger partial charge is 0.311 e. The Morgan fingerprint density at radius 2 is 1.96 bits per heavy atom. The first-order valence-electron chi connectivity index (χ1n) is 9.63. The van der Waals surface area contributed by atoms with Gasteiger partial charge in [0, 0.05) is 18.1 Å². The summed E-state index contributed by atoms with van der Waals surface area (Å²) in [6.07, 6.45) is 7.51. The third-order valence-electron chi connectivity index (χ3n) is 5.30. The fraction of sp³-hybridized carbons (Fsp3) is 0.304. The summed E-state index contributed by atoms with van der Waals surface area (Å²) in [5.41, 5.74) is 0.644. The molecule has 0 unspecified atom stereocenters. The number of halogens is 1. The van der Waals surface area contributed by atoms with Gasteiger partial charge < -0.3 is 9.47 Å². The third kappa shape index (κ3) is 3.98. The van der Waals surface area contributed by atoms with E-state index in [1.54, 1.807) is 30.3 Å². The number of fused-ring (bicyclic) bond motifs is 1. The number of benzene rings is 2. The molecule has 5 heteroatoms. The molecule has 2 aromatic rings. The predicted octanol–water partition coefficient (Wildman–Crippen LogP) is 5.32. The van der Waals surface area contributed by atoms with Gasteiger partial charge in [-0.1, -0.05) is 43.9 Å². The summed E-state index contributed by atoms with van der Waals surface area (Å²) in [4.78, 5) is 24.6. The lowest BCUT2D eigenvalue weighted by molar-refractivity contribution is -0.134. The molecular weight excluding hydrogens is 359 g/mol. The van der Waals surface area contributed by atoms with Crippen molar-refractivity contribution < 1.29 is 23.5 Å². The molecule has 4 rings (SSSR count). The van der Waals surface area contributed by atoms with E-state index in [2.05, 4.69) is 0 Å². The highest BCUT2D eigenvalue weighted by molar-refractivity contribution is 6.14. The Morgan fingerprint density at radius 3 is 2.75 bits per heavy atom. The standard InChI is InChI=1S/C23H21FO4/c24-19-8-4-3-7-16(19)13-21-23(26)18-11-10-17(14-20(18)28-21)27-22(25)12-9-15-5-1-2-6-15/h3-4,7-8,10-11,13-15H,1-2,5-6,9,12H2/b21-13-. The van der Waals surface area contributed by atoms with Gasteiger partial charge in [0.2, 0.25) is 5.78 Å². The maximum absolute atomic E-state index is 13.8. The maximum Gasteiger partial charge on any atom is 0.311 e. The molecule has 4 nitrogen and oxygen atoms in total. The van der Waals surface area contributed by atoms with Crippen molar-refractivity contribution in [2.75, 3.05) is 0 Å². The molecule has 1 aliphatic heterocycles. The average molecular weight is 380 g/mol. The number of ether oxygens (including phenoxy) is 2. The first kappa shape index (κ1) is 18.4. The van der Waals surface area contributed by atoms with Crippen LogP contribution in [0.1, 0.15) is 54.4 Å². The highest BCUT2D eigenvalue weighted by atomic mass is 19.1. The fourth-order valence-corrected chi connectivity index (χ4v) is 3.77. The SMILES string of the molecule is O=C(CCC1CCCC1)Oc1ccc2c(c1)O/C(=C\c1ccccc1F)C2=O. The predicted molar refractivity (Wildman–Crippen MR) is 103 cm³/mol. The molecule has 0 N–H and O–H groups in total. The van der Waals surface area contributed by atoms with E-state index in [0.29, 0.717) is 29.4 Å². The molecule has 1 aliphatic carbocycles. The van der Waals surface area contributed by atoms with Crippen molar-refractivity contribution in [1.82, 2.24) is 0 Å². The van der Waals surface area contributed by atoms with Crippen LogP contribution in [-0.2, 0) is 4.79 Å². The number of carbonyl (C=O) groups excluding carboxylic acids is 2. The molecule has 28 heavy (non-hydrogen) atoms. The number of allylic oxidation sites excluding steroid dienone is 1. The van der Waals surface area contributed by atoms with E-state index in [4.69, 9.17) is 9.47 Å². The highest BCUT2D eigenvalue weighted by Gasteiger charge is 2.28. The van der Waals surface area contributed by atoms with Gasteiger partial charge in [0.1, 0.15) is 17.3 Å². The molecule has 0 aromatic heterocycles. The molecule has 2 aliphatic rings. The minimum absolute atomic E-state index is 0.0461. The lowest BCUT2D eigenvalue weighted by atomic mass is 10.0. The van der Waals surface area contributed by atoms with Crippen LogP contribution in [0.5, 0.6) is 11.5 Å². The quantitative estimate of drug-likeness (QED) is 0.400. The van der Waals surface area contributed by atoms with Crippen molar-refractivity contribution >= 4 is 17.8 Å². The summed E-state index contributed by atoms with van der Waals surface area (Å²) in [5, 5.41) is 0. The summed E-state index contributed by atoms with van der Waals surface area (Å²) in [6.45, 7) is 0. The van der Waals surface area contributed by atoms with E-state index in [0.717, 1.165) is 6.42 Å². The zero-order valence-corrected chi connectivity index (χ0v) is 15.4. The van der Waals surface area contributed by atoms with Gasteiger partial charge >= 0.3 is 5.97 Å². The minimum Gasteiger partial charge on any atom is -0.452 e. The van der Waals surface area contributed by atoms with Gasteiger partial charge in [-0.2, -0.15) is 0 Å². The molecule has 1 heterocycles. The summed E-state index contributed by atoms with van der Waals surface area (Å²) >= 11 is 0. The van der Waals surface area contributed by atoms with E-state index >= 15 is 0 Å². The molecule has 0 saturated heterocycles. The van der Waals surface area contributed by atoms with Gasteiger partial charge in [0.05, 0.1) is 5.56 Å². The Morgan fingerprint density at radius 1 is 1.18 bits per heavy atom. The van der Waals surface area contributed by atoms with Gasteiger partial charge in [-0.25, -0.2) is 4.39 Å². The van der Waals surface area contributed by atoms with Crippen molar-refractivity contribution in [3.05, 3.63) is 65.2 Å². The Balaban J connectivity index is 1.43. The Kier molecular flexibility index (Phi) is 5.24. The second kappa shape index (κ2) is 7.97. The first-order chi connectivity index (χ1) is 13.6. The summed E-state index contributed by atoms with van der Waals surface area (Å²) in [6, 6.07) is 10.8. The van der Waals surface area contributed by atoms with E-state index in [-0.39, 0.29) is 23.1 Å². The van der Waals surface area contributed by atoms with Crippen LogP contribution < -0.4 is 9.47 Å². The lowest BCUT2D eigenvalue weighted by Crippen LogP contribution is -2.09. The number of hydrogen-bond acceptors (Lipinski definition) is 4. The number of Topliss-reactive ketones (excluding diaryl/α,β-unsaturated/α-hetero) is 1. The number of hydrogen-bond donors (Lipinski definition) is 0. The van der Waals surface area contributed by atoms with Crippen molar-refractivity contribution in [3.8, 4) is 11.5 Å². The molecule has 0 spiro atoms. The summed E-state index contributed by atoms with van der Waals surface area (Å²) in [5.74, 6) is 0.295. The summed E-state index contributed by atoms with van der Waals surface area (Å²) < 4.78 is 24.8. The fourth-order valence-electron chi connectivity index (χ4n) is 3.77. The van der Waals surface area contributed by atoms with Gasteiger partial charge in [-0.05, 0) is 36.6 Å². The van der Waals surface area contributed by atoms with Crippen LogP contribution in [0, 0.1) is 11.7 Å². The third-order valence-corrected chi connectivity index (χ3v) is 5.30. The molecule has 0 bridgehead atoms. The number of rotatable bonds is 5. The molecule has 0 atom stereocenters. The van der Waals surface area contributed by atoms with Crippen molar-refractivity contribution in [2.24, 2.45) is 5.92 Å². The molecule has 1 saturated carbocycles. The monoisotopic (exact) mass is 380 g/mol. The molecule has 144 valence electrons. The Bertz CT molecular complexity index is 941. The Labute approximate surface area is 163 Å². The van der Waals surface area contributed by atoms with E-state index in [1.165, 1.54) is 43.9 Å². The van der Waals surface area contributed by atoms with E-state index in [9.17, 15) is 14.0 Å². The second-order valence-corrected chi connectivity index (χ2v) is 7.28. The normalized spacial score (nSPS) is 17.6. The maximum atomic E-state index is 13.8. The van der Waals surface area contributed by atoms with Crippen LogP contribution in [0.3, 0.4) is 0 Å². The van der Waals surface area contributed by atoms with Gasteiger partial charge in [0.15, 0.2) is 5.76 Å². The molecule has 0 radical (unpaired) electrons. The largest absolute Gasteiger partial charge is 0.452 e. The van der Waals surface area contributed by atoms with Crippen LogP contribution in [-0.4, -0.2) is 11.8 Å². The highest BCUT2D eigenvalue weighted by Crippen LogP contribution is 2.35. The zero-order valence-electron chi connectivity index (χ0n) is 15.4. The second-order valence-electron chi connectivity index (χ2n) is 7.28. The topological polar surface area (TPSA) is 52.6 Å². The molecular formula is C23H21FO4. The molecule has 2 aromatic carbocycles. The number of esters is 1.